The highest BCUT2D eigenvalue weighted by molar-refractivity contribution is 5.17. The van der Waals surface area contributed by atoms with Crippen LogP contribution in [0.1, 0.15) is 65.0 Å². The quantitative estimate of drug-likeness (QED) is 0.622. The van der Waals surface area contributed by atoms with Crippen LogP contribution in [0.25, 0.3) is 0 Å². The van der Waals surface area contributed by atoms with E-state index in [1.165, 1.54) is 31.2 Å². The van der Waals surface area contributed by atoms with E-state index in [4.69, 9.17) is 4.74 Å². The lowest BCUT2D eigenvalue weighted by Gasteiger charge is -2.23. The summed E-state index contributed by atoms with van der Waals surface area (Å²) >= 11 is 0. The second kappa shape index (κ2) is 10.8. The second-order valence-corrected chi connectivity index (χ2v) is 6.21. The fourth-order valence-electron chi connectivity index (χ4n) is 2.43. The van der Waals surface area contributed by atoms with Crippen molar-refractivity contribution in [2.75, 3.05) is 13.2 Å². The number of unbranched alkanes of at least 4 members (excludes halogenated alkanes) is 1. The molecule has 0 saturated carbocycles. The van der Waals surface area contributed by atoms with Crippen LogP contribution < -0.4 is 5.32 Å². The molecule has 2 unspecified atom stereocenters. The zero-order valence-corrected chi connectivity index (χ0v) is 14.3. The van der Waals surface area contributed by atoms with E-state index in [1.807, 2.05) is 0 Å². The molecule has 2 nitrogen and oxygen atoms in total. The Bertz CT molecular complexity index is 350. The topological polar surface area (TPSA) is 21.3 Å². The molecule has 0 heterocycles. The Morgan fingerprint density at radius 2 is 1.81 bits per heavy atom. The summed E-state index contributed by atoms with van der Waals surface area (Å²) in [6.07, 6.45) is 5.23. The SMILES string of the molecule is CCCCC(CC)COC(CNC(C)C)c1ccccc1. The molecule has 0 aliphatic carbocycles. The van der Waals surface area contributed by atoms with Gasteiger partial charge in [-0.3, -0.25) is 0 Å². The minimum Gasteiger partial charge on any atom is -0.372 e. The molecule has 0 aromatic heterocycles. The van der Waals surface area contributed by atoms with Crippen molar-refractivity contribution in [1.29, 1.82) is 0 Å². The van der Waals surface area contributed by atoms with Crippen molar-refractivity contribution >= 4 is 0 Å². The zero-order chi connectivity index (χ0) is 15.5. The summed E-state index contributed by atoms with van der Waals surface area (Å²) in [7, 11) is 0. The minimum atomic E-state index is 0.157. The average molecular weight is 291 g/mol. The normalized spacial score (nSPS) is 14.3. The summed E-state index contributed by atoms with van der Waals surface area (Å²) < 4.78 is 6.27. The van der Waals surface area contributed by atoms with Crippen molar-refractivity contribution in [1.82, 2.24) is 5.32 Å². The van der Waals surface area contributed by atoms with Crippen LogP contribution >= 0.6 is 0 Å². The molecule has 0 fully saturated rings. The first-order chi connectivity index (χ1) is 10.2. The van der Waals surface area contributed by atoms with Gasteiger partial charge in [0.05, 0.1) is 12.7 Å². The van der Waals surface area contributed by atoms with Crippen molar-refractivity contribution < 1.29 is 4.74 Å². The van der Waals surface area contributed by atoms with Crippen molar-refractivity contribution in [3.8, 4) is 0 Å². The summed E-state index contributed by atoms with van der Waals surface area (Å²) in [6.45, 7) is 10.6. The van der Waals surface area contributed by atoms with E-state index < -0.39 is 0 Å². The first kappa shape index (κ1) is 18.2. The monoisotopic (exact) mass is 291 g/mol. The van der Waals surface area contributed by atoms with E-state index in [0.717, 1.165) is 13.2 Å². The van der Waals surface area contributed by atoms with Crippen LogP contribution in [0.2, 0.25) is 0 Å². The van der Waals surface area contributed by atoms with Crippen LogP contribution in [0.15, 0.2) is 30.3 Å². The number of hydrogen-bond acceptors (Lipinski definition) is 2. The molecule has 2 heteroatoms. The Kier molecular flexibility index (Phi) is 9.36. The Morgan fingerprint density at radius 1 is 1.10 bits per heavy atom. The summed E-state index contributed by atoms with van der Waals surface area (Å²) in [6, 6.07) is 11.1. The van der Waals surface area contributed by atoms with Gasteiger partial charge in [0.2, 0.25) is 0 Å². The van der Waals surface area contributed by atoms with Gasteiger partial charge in [0.15, 0.2) is 0 Å². The van der Waals surface area contributed by atoms with Crippen LogP contribution in [-0.2, 0) is 4.74 Å². The minimum absolute atomic E-state index is 0.157. The maximum Gasteiger partial charge on any atom is 0.0949 e. The number of benzene rings is 1. The molecule has 1 aromatic rings. The van der Waals surface area contributed by atoms with Crippen LogP contribution in [0, 0.1) is 5.92 Å². The highest BCUT2D eigenvalue weighted by atomic mass is 16.5. The van der Waals surface area contributed by atoms with Crippen molar-refractivity contribution in [3.63, 3.8) is 0 Å². The fourth-order valence-corrected chi connectivity index (χ4v) is 2.43. The number of ether oxygens (including phenoxy) is 1. The molecule has 0 saturated heterocycles. The molecule has 0 spiro atoms. The molecule has 1 aromatic carbocycles. The van der Waals surface area contributed by atoms with Gasteiger partial charge in [-0.1, -0.05) is 77.3 Å². The zero-order valence-electron chi connectivity index (χ0n) is 14.3. The van der Waals surface area contributed by atoms with Gasteiger partial charge < -0.3 is 10.1 Å². The largest absolute Gasteiger partial charge is 0.372 e. The van der Waals surface area contributed by atoms with Gasteiger partial charge in [0.25, 0.3) is 0 Å². The lowest BCUT2D eigenvalue weighted by molar-refractivity contribution is 0.0240. The van der Waals surface area contributed by atoms with Gasteiger partial charge in [0.1, 0.15) is 0 Å². The van der Waals surface area contributed by atoms with Gasteiger partial charge in [-0.2, -0.15) is 0 Å². The van der Waals surface area contributed by atoms with Crippen LogP contribution in [0.4, 0.5) is 0 Å². The molecule has 0 aliphatic heterocycles. The predicted molar refractivity (Wildman–Crippen MR) is 91.6 cm³/mol. The van der Waals surface area contributed by atoms with E-state index in [0.29, 0.717) is 12.0 Å². The van der Waals surface area contributed by atoms with E-state index in [1.54, 1.807) is 0 Å². The van der Waals surface area contributed by atoms with Crippen molar-refractivity contribution in [2.24, 2.45) is 5.92 Å². The standard InChI is InChI=1S/C19H33NO/c1-5-7-11-17(6-2)15-21-19(14-20-16(3)4)18-12-9-8-10-13-18/h8-10,12-13,16-17,19-20H,5-7,11,14-15H2,1-4H3. The number of rotatable bonds is 11. The van der Waals surface area contributed by atoms with Gasteiger partial charge in [-0.05, 0) is 17.9 Å². The first-order valence-electron chi connectivity index (χ1n) is 8.57. The average Bonchev–Trinajstić information content (AvgIpc) is 2.50. The van der Waals surface area contributed by atoms with Gasteiger partial charge in [0, 0.05) is 12.6 Å². The first-order valence-corrected chi connectivity index (χ1v) is 8.57. The second-order valence-electron chi connectivity index (χ2n) is 6.21. The van der Waals surface area contributed by atoms with Crippen molar-refractivity contribution in [2.45, 2.75) is 65.5 Å². The molecule has 21 heavy (non-hydrogen) atoms. The smallest absolute Gasteiger partial charge is 0.0949 e. The van der Waals surface area contributed by atoms with Crippen LogP contribution in [-0.4, -0.2) is 19.2 Å². The maximum absolute atomic E-state index is 6.27. The molecule has 0 amide bonds. The summed E-state index contributed by atoms with van der Waals surface area (Å²) in [5, 5.41) is 3.50. The van der Waals surface area contributed by atoms with E-state index in [9.17, 15) is 0 Å². The highest BCUT2D eigenvalue weighted by Gasteiger charge is 2.15. The molecular weight excluding hydrogens is 258 g/mol. The van der Waals surface area contributed by atoms with Crippen LogP contribution in [0.5, 0.6) is 0 Å². The van der Waals surface area contributed by atoms with E-state index in [-0.39, 0.29) is 6.10 Å². The van der Waals surface area contributed by atoms with Gasteiger partial charge >= 0.3 is 0 Å². The Hall–Kier alpha value is -0.860. The molecule has 0 radical (unpaired) electrons. The van der Waals surface area contributed by atoms with Gasteiger partial charge in [-0.25, -0.2) is 0 Å². The molecule has 0 aliphatic rings. The molecule has 0 bridgehead atoms. The Morgan fingerprint density at radius 3 is 2.38 bits per heavy atom. The maximum atomic E-state index is 6.27. The predicted octanol–water partition coefficient (Wildman–Crippen LogP) is 4.96. The van der Waals surface area contributed by atoms with E-state index in [2.05, 4.69) is 63.3 Å². The number of hydrogen-bond donors (Lipinski definition) is 1. The molecule has 120 valence electrons. The molecule has 2 atom stereocenters. The van der Waals surface area contributed by atoms with Crippen LogP contribution in [0.3, 0.4) is 0 Å². The molecular formula is C19H33NO. The Balaban J connectivity index is 2.56. The third-order valence-electron chi connectivity index (χ3n) is 3.96. The third-order valence-corrected chi connectivity index (χ3v) is 3.96. The fraction of sp³-hybridized carbons (Fsp3) is 0.684. The summed E-state index contributed by atoms with van der Waals surface area (Å²) in [4.78, 5) is 0. The summed E-state index contributed by atoms with van der Waals surface area (Å²) in [5.41, 5.74) is 1.27. The lowest BCUT2D eigenvalue weighted by Crippen LogP contribution is -2.30. The van der Waals surface area contributed by atoms with Gasteiger partial charge in [-0.15, -0.1) is 0 Å². The number of nitrogens with one attached hydrogen (secondary N) is 1. The molecule has 1 N–H and O–H groups in total. The lowest BCUT2D eigenvalue weighted by atomic mass is 10.0. The van der Waals surface area contributed by atoms with E-state index >= 15 is 0 Å². The third kappa shape index (κ3) is 7.63. The summed E-state index contributed by atoms with van der Waals surface area (Å²) in [5.74, 6) is 0.690. The Labute approximate surface area is 131 Å². The van der Waals surface area contributed by atoms with Crippen molar-refractivity contribution in [3.05, 3.63) is 35.9 Å². The molecule has 1 rings (SSSR count). The highest BCUT2D eigenvalue weighted by Crippen LogP contribution is 2.20.